The van der Waals surface area contributed by atoms with Crippen LogP contribution in [0.5, 0.6) is 11.5 Å². The van der Waals surface area contributed by atoms with Crippen molar-refractivity contribution in [2.75, 3.05) is 20.8 Å². The number of hydrogen-bond acceptors (Lipinski definition) is 8. The van der Waals surface area contributed by atoms with Crippen LogP contribution >= 0.6 is 43.2 Å². The molecule has 8 nitrogen and oxygen atoms in total. The average Bonchev–Trinajstić information content (AvgIpc) is 3.53. The minimum Gasteiger partial charge on any atom is -0.496 e. The molecule has 0 bridgehead atoms. The van der Waals surface area contributed by atoms with Crippen LogP contribution in [0.2, 0.25) is 0 Å². The Balaban J connectivity index is 1.70. The second-order valence-electron chi connectivity index (χ2n) is 8.74. The Morgan fingerprint density at radius 2 is 1.82 bits per heavy atom. The van der Waals surface area contributed by atoms with E-state index >= 15 is 0 Å². The summed E-state index contributed by atoms with van der Waals surface area (Å²) in [6.07, 6.45) is 1.74. The van der Waals surface area contributed by atoms with Crippen molar-refractivity contribution in [3.63, 3.8) is 0 Å². The number of hydrogen-bond donors (Lipinski definition) is 0. The summed E-state index contributed by atoms with van der Waals surface area (Å²) >= 11 is 8.17. The molecule has 0 saturated carbocycles. The lowest BCUT2D eigenvalue weighted by molar-refractivity contribution is -0.139. The fraction of sp³-hybridized carbons (Fsp3) is 0.207. The fourth-order valence-electron chi connectivity index (χ4n) is 4.47. The van der Waals surface area contributed by atoms with Gasteiger partial charge in [0, 0.05) is 21.7 Å². The molecule has 3 heterocycles. The number of thiazole rings is 1. The molecule has 5 rings (SSSR count). The van der Waals surface area contributed by atoms with Crippen molar-refractivity contribution in [1.29, 1.82) is 0 Å². The van der Waals surface area contributed by atoms with Crippen LogP contribution in [0.3, 0.4) is 0 Å². The van der Waals surface area contributed by atoms with E-state index in [2.05, 4.69) is 36.9 Å². The van der Waals surface area contributed by atoms with Crippen molar-refractivity contribution in [3.8, 4) is 22.8 Å². The number of nitrogens with zero attached hydrogens (tertiary/aromatic N) is 2. The van der Waals surface area contributed by atoms with Gasteiger partial charge in [-0.1, -0.05) is 39.4 Å². The second kappa shape index (κ2) is 11.6. The van der Waals surface area contributed by atoms with Gasteiger partial charge in [-0.3, -0.25) is 9.36 Å². The van der Waals surface area contributed by atoms with Gasteiger partial charge in [0.2, 0.25) is 0 Å². The van der Waals surface area contributed by atoms with E-state index < -0.39 is 12.0 Å². The third-order valence-corrected chi connectivity index (χ3v) is 8.46. The van der Waals surface area contributed by atoms with E-state index in [-0.39, 0.29) is 17.7 Å². The number of ether oxygens (including phenoxy) is 3. The van der Waals surface area contributed by atoms with E-state index in [9.17, 15) is 9.59 Å². The van der Waals surface area contributed by atoms with E-state index in [1.165, 1.54) is 15.9 Å². The molecule has 2 aromatic heterocycles. The number of esters is 1. The molecule has 0 fully saturated rings. The molecule has 2 aromatic carbocycles. The van der Waals surface area contributed by atoms with Gasteiger partial charge < -0.3 is 18.6 Å². The highest BCUT2D eigenvalue weighted by Gasteiger charge is 2.35. The SMILES string of the molecule is CCOC(=O)C1=C(C)N=c2s/c(=C\c3cc(Br)c(OC)cc3OC)c(=O)n2[C@@H]1c1ccc(-c2ccc(Br)cc2)o1. The predicted octanol–water partition coefficient (Wildman–Crippen LogP) is 5.60. The number of allylic oxidation sites excluding steroid dienone is 1. The summed E-state index contributed by atoms with van der Waals surface area (Å²) in [4.78, 5) is 32.2. The molecule has 0 N–H and O–H groups in total. The van der Waals surface area contributed by atoms with Crippen LogP contribution in [0.15, 0.2) is 83.0 Å². The van der Waals surface area contributed by atoms with E-state index in [0.717, 1.165) is 10.0 Å². The van der Waals surface area contributed by atoms with E-state index in [1.807, 2.05) is 36.4 Å². The van der Waals surface area contributed by atoms with E-state index in [1.54, 1.807) is 46.3 Å². The molecule has 206 valence electrons. The van der Waals surface area contributed by atoms with E-state index in [4.69, 9.17) is 18.6 Å². The Morgan fingerprint density at radius 1 is 1.10 bits per heavy atom. The Kier molecular flexibility index (Phi) is 8.16. The fourth-order valence-corrected chi connectivity index (χ4v) is 6.29. The highest BCUT2D eigenvalue weighted by molar-refractivity contribution is 9.10. The highest BCUT2D eigenvalue weighted by Crippen LogP contribution is 2.35. The molecule has 0 saturated heterocycles. The molecule has 0 aliphatic carbocycles. The van der Waals surface area contributed by atoms with Crippen molar-refractivity contribution >= 4 is 55.2 Å². The number of carbonyl (C=O) groups excluding carboxylic acids is 1. The molecular formula is C29H24Br2N2O6S. The quantitative estimate of drug-likeness (QED) is 0.235. The Hall–Kier alpha value is -3.41. The monoisotopic (exact) mass is 686 g/mol. The summed E-state index contributed by atoms with van der Waals surface area (Å²) in [5, 5.41) is 0. The minimum atomic E-state index is -0.855. The van der Waals surface area contributed by atoms with Crippen molar-refractivity contribution in [3.05, 3.63) is 99.8 Å². The first kappa shape index (κ1) is 28.1. The minimum absolute atomic E-state index is 0.182. The topological polar surface area (TPSA) is 92.3 Å². The summed E-state index contributed by atoms with van der Waals surface area (Å²) in [5.41, 5.74) is 1.93. The van der Waals surface area contributed by atoms with Gasteiger partial charge in [0.15, 0.2) is 4.80 Å². The van der Waals surface area contributed by atoms with Crippen LogP contribution in [0.25, 0.3) is 17.4 Å². The summed E-state index contributed by atoms with van der Waals surface area (Å²) in [5.74, 6) is 1.62. The molecule has 11 heteroatoms. The summed E-state index contributed by atoms with van der Waals surface area (Å²) in [7, 11) is 3.12. The van der Waals surface area contributed by atoms with Crippen LogP contribution in [0.1, 0.15) is 31.2 Å². The van der Waals surface area contributed by atoms with Crippen LogP contribution in [-0.4, -0.2) is 31.4 Å². The zero-order valence-electron chi connectivity index (χ0n) is 22.0. The van der Waals surface area contributed by atoms with E-state index in [0.29, 0.717) is 48.1 Å². The average molecular weight is 688 g/mol. The third kappa shape index (κ3) is 5.21. The number of rotatable bonds is 7. The number of aromatic nitrogens is 1. The van der Waals surface area contributed by atoms with Gasteiger partial charge in [-0.15, -0.1) is 0 Å². The maximum Gasteiger partial charge on any atom is 0.338 e. The molecule has 0 spiro atoms. The Morgan fingerprint density at radius 3 is 2.50 bits per heavy atom. The molecule has 1 atom stereocenters. The first-order chi connectivity index (χ1) is 19.2. The predicted molar refractivity (Wildman–Crippen MR) is 159 cm³/mol. The summed E-state index contributed by atoms with van der Waals surface area (Å²) < 4.78 is 26.1. The van der Waals surface area contributed by atoms with Crippen LogP contribution in [0.4, 0.5) is 0 Å². The van der Waals surface area contributed by atoms with Crippen LogP contribution in [0, 0.1) is 0 Å². The van der Waals surface area contributed by atoms with Gasteiger partial charge in [-0.25, -0.2) is 9.79 Å². The number of carbonyl (C=O) groups is 1. The number of fused-ring (bicyclic) bond motifs is 1. The summed E-state index contributed by atoms with van der Waals surface area (Å²) in [6.45, 7) is 3.65. The number of benzene rings is 2. The van der Waals surface area contributed by atoms with Crippen molar-refractivity contribution in [2.45, 2.75) is 19.9 Å². The first-order valence-corrected chi connectivity index (χ1v) is 14.6. The zero-order chi connectivity index (χ0) is 28.6. The molecule has 1 aliphatic rings. The molecular weight excluding hydrogens is 664 g/mol. The van der Waals surface area contributed by atoms with Gasteiger partial charge in [0.05, 0.1) is 41.1 Å². The number of methoxy groups -OCH3 is 2. The largest absolute Gasteiger partial charge is 0.496 e. The smallest absolute Gasteiger partial charge is 0.338 e. The highest BCUT2D eigenvalue weighted by atomic mass is 79.9. The molecule has 0 amide bonds. The Bertz CT molecular complexity index is 1820. The van der Waals surface area contributed by atoms with Crippen molar-refractivity contribution < 1.29 is 23.4 Å². The molecule has 0 unspecified atom stereocenters. The lowest BCUT2D eigenvalue weighted by Gasteiger charge is -2.22. The van der Waals surface area contributed by atoms with Crippen molar-refractivity contribution in [1.82, 2.24) is 4.57 Å². The van der Waals surface area contributed by atoms with Crippen LogP contribution < -0.4 is 24.4 Å². The zero-order valence-corrected chi connectivity index (χ0v) is 26.0. The van der Waals surface area contributed by atoms with Gasteiger partial charge in [-0.05, 0) is 66.2 Å². The molecule has 0 radical (unpaired) electrons. The van der Waals surface area contributed by atoms with Crippen LogP contribution in [-0.2, 0) is 9.53 Å². The second-order valence-corrected chi connectivity index (χ2v) is 11.5. The standard InChI is InChI=1S/C29H24Br2N2O6S/c1-5-38-28(35)25-15(2)32-29-33(26(25)21-11-10-20(39-21)16-6-8-18(30)9-7-16)27(34)24(40-29)13-17-12-19(31)23(37-4)14-22(17)36-3/h6-14,26H,5H2,1-4H3/b24-13-/t26-/m1/s1. The van der Waals surface area contributed by atoms with Gasteiger partial charge in [-0.2, -0.15) is 0 Å². The van der Waals surface area contributed by atoms with Gasteiger partial charge in [0.1, 0.15) is 29.1 Å². The Labute approximate surface area is 250 Å². The lowest BCUT2D eigenvalue weighted by Crippen LogP contribution is -2.39. The molecule has 4 aromatic rings. The normalized spacial score (nSPS) is 15.1. The molecule has 40 heavy (non-hydrogen) atoms. The third-order valence-electron chi connectivity index (χ3n) is 6.33. The molecule has 1 aliphatic heterocycles. The lowest BCUT2D eigenvalue weighted by atomic mass is 10.0. The van der Waals surface area contributed by atoms with Gasteiger partial charge in [0.25, 0.3) is 5.56 Å². The van der Waals surface area contributed by atoms with Gasteiger partial charge >= 0.3 is 5.97 Å². The summed E-state index contributed by atoms with van der Waals surface area (Å²) in [6, 6.07) is 14.0. The van der Waals surface area contributed by atoms with Crippen molar-refractivity contribution in [2.24, 2.45) is 4.99 Å². The first-order valence-electron chi connectivity index (χ1n) is 12.2. The number of furan rings is 1. The maximum atomic E-state index is 13.9. The number of halogens is 2. The maximum absolute atomic E-state index is 13.9.